The fourth-order valence-corrected chi connectivity index (χ4v) is 3.09. The fraction of sp³-hybridized carbons (Fsp3) is 0.909. The van der Waals surface area contributed by atoms with Crippen molar-refractivity contribution >= 4 is 5.97 Å². The lowest BCUT2D eigenvalue weighted by atomic mass is 9.91. The van der Waals surface area contributed by atoms with Crippen LogP contribution in [0.1, 0.15) is 26.7 Å². The number of rotatable bonds is 2. The predicted molar refractivity (Wildman–Crippen MR) is 54.0 cm³/mol. The zero-order valence-corrected chi connectivity index (χ0v) is 8.86. The number of hydrogen-bond acceptors (Lipinski definition) is 2. The molecule has 0 aromatic rings. The summed E-state index contributed by atoms with van der Waals surface area (Å²) in [5.74, 6) is 1.79. The summed E-state index contributed by atoms with van der Waals surface area (Å²) in [6.07, 6.45) is 2.32. The molecule has 3 heteroatoms. The Hall–Kier alpha value is -0.570. The highest BCUT2D eigenvalue weighted by atomic mass is 16.4. The molecule has 80 valence electrons. The zero-order valence-electron chi connectivity index (χ0n) is 8.86. The number of carboxylic acids is 1. The number of carboxylic acid groups (broad SMARTS) is 1. The van der Waals surface area contributed by atoms with Gasteiger partial charge in [0.05, 0.1) is 0 Å². The minimum Gasteiger partial charge on any atom is -0.480 e. The van der Waals surface area contributed by atoms with Gasteiger partial charge in [0.1, 0.15) is 6.04 Å². The molecule has 2 fully saturated rings. The topological polar surface area (TPSA) is 49.3 Å². The van der Waals surface area contributed by atoms with Crippen molar-refractivity contribution in [1.29, 1.82) is 0 Å². The van der Waals surface area contributed by atoms with E-state index in [1.807, 2.05) is 0 Å². The van der Waals surface area contributed by atoms with Gasteiger partial charge in [-0.25, -0.2) is 0 Å². The standard InChI is InChI=1S/C11H19NO2/c1-6(2)7-3-8-5-12-10(11(13)14)9(8)4-7/h6-10,12H,3-5H2,1-2H3,(H,13,14). The Kier molecular flexibility index (Phi) is 2.52. The van der Waals surface area contributed by atoms with Gasteiger partial charge >= 0.3 is 5.97 Å². The van der Waals surface area contributed by atoms with Gasteiger partial charge in [-0.1, -0.05) is 13.8 Å². The van der Waals surface area contributed by atoms with Crippen LogP contribution in [0.5, 0.6) is 0 Å². The highest BCUT2D eigenvalue weighted by Gasteiger charge is 2.46. The second-order valence-electron chi connectivity index (χ2n) is 5.12. The lowest BCUT2D eigenvalue weighted by Gasteiger charge is -2.17. The van der Waals surface area contributed by atoms with Crippen molar-refractivity contribution in [1.82, 2.24) is 5.32 Å². The first-order chi connectivity index (χ1) is 6.59. The maximum atomic E-state index is 11.0. The van der Waals surface area contributed by atoms with Crippen LogP contribution in [-0.4, -0.2) is 23.7 Å². The van der Waals surface area contributed by atoms with E-state index in [-0.39, 0.29) is 6.04 Å². The molecular formula is C11H19NO2. The number of hydrogen-bond donors (Lipinski definition) is 2. The molecule has 0 bridgehead atoms. The minimum atomic E-state index is -0.665. The van der Waals surface area contributed by atoms with Gasteiger partial charge in [-0.3, -0.25) is 4.79 Å². The molecule has 1 aliphatic carbocycles. The Labute approximate surface area is 84.9 Å². The highest BCUT2D eigenvalue weighted by Crippen LogP contribution is 2.44. The summed E-state index contributed by atoms with van der Waals surface area (Å²) < 4.78 is 0. The van der Waals surface area contributed by atoms with E-state index in [4.69, 9.17) is 5.11 Å². The molecule has 2 N–H and O–H groups in total. The van der Waals surface area contributed by atoms with Gasteiger partial charge in [0.25, 0.3) is 0 Å². The van der Waals surface area contributed by atoms with Crippen LogP contribution in [0.2, 0.25) is 0 Å². The van der Waals surface area contributed by atoms with E-state index in [0.717, 1.165) is 18.9 Å². The average molecular weight is 197 g/mol. The zero-order chi connectivity index (χ0) is 10.3. The summed E-state index contributed by atoms with van der Waals surface area (Å²) >= 11 is 0. The number of fused-ring (bicyclic) bond motifs is 1. The van der Waals surface area contributed by atoms with E-state index in [2.05, 4.69) is 19.2 Å². The van der Waals surface area contributed by atoms with Crippen molar-refractivity contribution in [2.75, 3.05) is 6.54 Å². The summed E-state index contributed by atoms with van der Waals surface area (Å²) in [7, 11) is 0. The van der Waals surface area contributed by atoms with Crippen LogP contribution in [0.4, 0.5) is 0 Å². The highest BCUT2D eigenvalue weighted by molar-refractivity contribution is 5.74. The monoisotopic (exact) mass is 197 g/mol. The maximum Gasteiger partial charge on any atom is 0.320 e. The minimum absolute atomic E-state index is 0.274. The first-order valence-electron chi connectivity index (χ1n) is 5.55. The molecule has 14 heavy (non-hydrogen) atoms. The SMILES string of the molecule is CC(C)C1CC2CNC(C(=O)O)C2C1. The summed E-state index contributed by atoms with van der Waals surface area (Å²) in [6, 6.07) is -0.274. The van der Waals surface area contributed by atoms with Crippen molar-refractivity contribution in [2.45, 2.75) is 32.7 Å². The van der Waals surface area contributed by atoms with Gasteiger partial charge in [-0.2, -0.15) is 0 Å². The van der Waals surface area contributed by atoms with E-state index in [1.54, 1.807) is 0 Å². The van der Waals surface area contributed by atoms with Crippen LogP contribution < -0.4 is 5.32 Å². The summed E-state index contributed by atoms with van der Waals surface area (Å²) in [5, 5.41) is 12.1. The summed E-state index contributed by atoms with van der Waals surface area (Å²) in [4.78, 5) is 11.0. The van der Waals surface area contributed by atoms with Crippen LogP contribution in [0, 0.1) is 23.7 Å². The van der Waals surface area contributed by atoms with Crippen LogP contribution in [0.3, 0.4) is 0 Å². The molecule has 1 aliphatic heterocycles. The molecule has 1 saturated carbocycles. The Bertz CT molecular complexity index is 239. The lowest BCUT2D eigenvalue weighted by Crippen LogP contribution is -2.35. The average Bonchev–Trinajstić information content (AvgIpc) is 2.58. The van der Waals surface area contributed by atoms with Gasteiger partial charge in [0.15, 0.2) is 0 Å². The molecule has 4 unspecified atom stereocenters. The molecule has 3 nitrogen and oxygen atoms in total. The quantitative estimate of drug-likeness (QED) is 0.702. The number of carbonyl (C=O) groups is 1. The van der Waals surface area contributed by atoms with E-state index >= 15 is 0 Å². The van der Waals surface area contributed by atoms with Crippen molar-refractivity contribution < 1.29 is 9.90 Å². The molecular weight excluding hydrogens is 178 g/mol. The second-order valence-corrected chi connectivity index (χ2v) is 5.12. The van der Waals surface area contributed by atoms with E-state index in [1.165, 1.54) is 6.42 Å². The molecule has 0 aromatic carbocycles. The van der Waals surface area contributed by atoms with Gasteiger partial charge in [-0.05, 0) is 43.1 Å². The van der Waals surface area contributed by atoms with Gasteiger partial charge in [0, 0.05) is 0 Å². The Balaban J connectivity index is 2.03. The van der Waals surface area contributed by atoms with E-state index < -0.39 is 5.97 Å². The molecule has 2 aliphatic rings. The van der Waals surface area contributed by atoms with Gasteiger partial charge < -0.3 is 10.4 Å². The molecule has 0 spiro atoms. The molecule has 1 saturated heterocycles. The van der Waals surface area contributed by atoms with Gasteiger partial charge in [0.2, 0.25) is 0 Å². The van der Waals surface area contributed by atoms with Gasteiger partial charge in [-0.15, -0.1) is 0 Å². The van der Waals surface area contributed by atoms with E-state index in [0.29, 0.717) is 17.8 Å². The van der Waals surface area contributed by atoms with Crippen molar-refractivity contribution in [3.63, 3.8) is 0 Å². The lowest BCUT2D eigenvalue weighted by molar-refractivity contribution is -0.140. The second kappa shape index (κ2) is 3.54. The third-order valence-electron chi connectivity index (χ3n) is 4.02. The normalized spacial score (nSPS) is 41.6. The molecule has 0 radical (unpaired) electrons. The molecule has 2 rings (SSSR count). The third kappa shape index (κ3) is 1.54. The summed E-state index contributed by atoms with van der Waals surface area (Å²) in [6.45, 7) is 5.40. The third-order valence-corrected chi connectivity index (χ3v) is 4.02. The van der Waals surface area contributed by atoms with Crippen molar-refractivity contribution in [3.05, 3.63) is 0 Å². The molecule has 0 amide bonds. The molecule has 1 heterocycles. The Morgan fingerprint density at radius 3 is 2.71 bits per heavy atom. The smallest absolute Gasteiger partial charge is 0.320 e. The Morgan fingerprint density at radius 1 is 1.43 bits per heavy atom. The first kappa shape index (κ1) is 9.97. The Morgan fingerprint density at radius 2 is 2.14 bits per heavy atom. The number of nitrogens with one attached hydrogen (secondary N) is 1. The fourth-order valence-electron chi connectivity index (χ4n) is 3.09. The van der Waals surface area contributed by atoms with Crippen LogP contribution in [0.25, 0.3) is 0 Å². The van der Waals surface area contributed by atoms with Crippen LogP contribution in [0.15, 0.2) is 0 Å². The van der Waals surface area contributed by atoms with Crippen molar-refractivity contribution in [3.8, 4) is 0 Å². The number of aliphatic carboxylic acids is 1. The van der Waals surface area contributed by atoms with Crippen LogP contribution >= 0.6 is 0 Å². The molecule has 4 atom stereocenters. The predicted octanol–water partition coefficient (Wildman–Crippen LogP) is 1.34. The van der Waals surface area contributed by atoms with Crippen molar-refractivity contribution in [2.24, 2.45) is 23.7 Å². The molecule has 0 aromatic heterocycles. The van der Waals surface area contributed by atoms with E-state index in [9.17, 15) is 4.79 Å². The first-order valence-corrected chi connectivity index (χ1v) is 5.55. The maximum absolute atomic E-state index is 11.0. The van der Waals surface area contributed by atoms with Crippen LogP contribution in [-0.2, 0) is 4.79 Å². The largest absolute Gasteiger partial charge is 0.480 e. The summed E-state index contributed by atoms with van der Waals surface area (Å²) in [5.41, 5.74) is 0.